The van der Waals surface area contributed by atoms with Gasteiger partial charge in [0.05, 0.1) is 6.42 Å². The van der Waals surface area contributed by atoms with Gasteiger partial charge in [0.15, 0.2) is 5.78 Å². The minimum absolute atomic E-state index is 0.00186. The van der Waals surface area contributed by atoms with Gasteiger partial charge in [-0.1, -0.05) is 13.8 Å². The molecular formula is C12H18N2O3. The summed E-state index contributed by atoms with van der Waals surface area (Å²) in [6, 6.07) is 0. The standard InChI is InChI=1S/C12H18N2O3/c1-8(2)11(17)14-5-3-12(4-6-14)9(15)7-10(16)13-12/h8H,3-7H2,1-2H3,(H,13,16). The van der Waals surface area contributed by atoms with Gasteiger partial charge in [-0.2, -0.15) is 0 Å². The predicted molar refractivity (Wildman–Crippen MR) is 61.1 cm³/mol. The van der Waals surface area contributed by atoms with Gasteiger partial charge in [-0.15, -0.1) is 0 Å². The zero-order chi connectivity index (χ0) is 12.6. The third-order valence-electron chi connectivity index (χ3n) is 3.66. The van der Waals surface area contributed by atoms with Crippen LogP contribution in [0.25, 0.3) is 0 Å². The highest BCUT2D eigenvalue weighted by Crippen LogP contribution is 2.29. The number of hydrogen-bond donors (Lipinski definition) is 1. The lowest BCUT2D eigenvalue weighted by molar-refractivity contribution is -0.138. The van der Waals surface area contributed by atoms with E-state index in [-0.39, 0.29) is 29.9 Å². The smallest absolute Gasteiger partial charge is 0.228 e. The molecule has 1 spiro atoms. The summed E-state index contributed by atoms with van der Waals surface area (Å²) in [5, 5.41) is 2.78. The number of nitrogens with one attached hydrogen (secondary N) is 1. The molecule has 2 heterocycles. The Morgan fingerprint density at radius 2 is 1.88 bits per heavy atom. The van der Waals surface area contributed by atoms with Gasteiger partial charge in [-0.25, -0.2) is 0 Å². The van der Waals surface area contributed by atoms with E-state index in [4.69, 9.17) is 0 Å². The zero-order valence-corrected chi connectivity index (χ0v) is 10.3. The average Bonchev–Trinajstić information content (AvgIpc) is 2.54. The number of carbonyl (C=O) groups is 3. The van der Waals surface area contributed by atoms with E-state index in [0.717, 1.165) is 0 Å². The van der Waals surface area contributed by atoms with E-state index in [0.29, 0.717) is 25.9 Å². The van der Waals surface area contributed by atoms with E-state index >= 15 is 0 Å². The zero-order valence-electron chi connectivity index (χ0n) is 10.3. The van der Waals surface area contributed by atoms with Crippen LogP contribution in [0.2, 0.25) is 0 Å². The monoisotopic (exact) mass is 238 g/mol. The number of rotatable bonds is 1. The Labute approximate surface area is 101 Å². The average molecular weight is 238 g/mol. The molecule has 0 atom stereocenters. The maximum atomic E-state index is 11.8. The molecule has 0 aromatic carbocycles. The fraction of sp³-hybridized carbons (Fsp3) is 0.750. The molecule has 5 heteroatoms. The molecule has 5 nitrogen and oxygen atoms in total. The number of carbonyl (C=O) groups excluding carboxylic acids is 3. The van der Waals surface area contributed by atoms with Crippen LogP contribution in [0.1, 0.15) is 33.1 Å². The Hall–Kier alpha value is -1.39. The lowest BCUT2D eigenvalue weighted by atomic mass is 9.85. The van der Waals surface area contributed by atoms with Crippen molar-refractivity contribution >= 4 is 17.6 Å². The van der Waals surface area contributed by atoms with Crippen LogP contribution < -0.4 is 5.32 Å². The minimum atomic E-state index is -0.676. The molecular weight excluding hydrogens is 220 g/mol. The Morgan fingerprint density at radius 1 is 1.29 bits per heavy atom. The predicted octanol–water partition coefficient (Wildman–Crippen LogP) is 0.0926. The molecule has 2 fully saturated rings. The first-order chi connectivity index (χ1) is 7.94. The number of likely N-dealkylation sites (tertiary alicyclic amines) is 1. The maximum Gasteiger partial charge on any atom is 0.228 e. The van der Waals surface area contributed by atoms with Crippen LogP contribution in [0, 0.1) is 5.92 Å². The number of piperidine rings is 1. The van der Waals surface area contributed by atoms with Crippen LogP contribution in [0.3, 0.4) is 0 Å². The van der Waals surface area contributed by atoms with Crippen molar-refractivity contribution in [1.29, 1.82) is 0 Å². The van der Waals surface area contributed by atoms with Gasteiger partial charge in [0.2, 0.25) is 11.8 Å². The SMILES string of the molecule is CC(C)C(=O)N1CCC2(CC1)NC(=O)CC2=O. The third kappa shape index (κ3) is 2.06. The topological polar surface area (TPSA) is 66.5 Å². The molecule has 94 valence electrons. The number of ketones is 1. The second-order valence-electron chi connectivity index (χ2n) is 5.21. The second-order valence-corrected chi connectivity index (χ2v) is 5.21. The van der Waals surface area contributed by atoms with Gasteiger partial charge in [0.25, 0.3) is 0 Å². The summed E-state index contributed by atoms with van der Waals surface area (Å²) >= 11 is 0. The van der Waals surface area contributed by atoms with Crippen molar-refractivity contribution in [3.05, 3.63) is 0 Å². The molecule has 17 heavy (non-hydrogen) atoms. The lowest BCUT2D eigenvalue weighted by Gasteiger charge is -2.38. The molecule has 0 unspecified atom stereocenters. The molecule has 2 rings (SSSR count). The number of Topliss-reactive ketones (excluding diaryl/α,β-unsaturated/α-hetero) is 1. The molecule has 2 amide bonds. The lowest BCUT2D eigenvalue weighted by Crippen LogP contribution is -2.55. The van der Waals surface area contributed by atoms with E-state index in [1.807, 2.05) is 13.8 Å². The van der Waals surface area contributed by atoms with E-state index < -0.39 is 5.54 Å². The van der Waals surface area contributed by atoms with Crippen LogP contribution in [-0.4, -0.2) is 41.1 Å². The van der Waals surface area contributed by atoms with Crippen molar-refractivity contribution in [2.75, 3.05) is 13.1 Å². The molecule has 2 saturated heterocycles. The highest BCUT2D eigenvalue weighted by atomic mass is 16.2. The third-order valence-corrected chi connectivity index (χ3v) is 3.66. The molecule has 0 aliphatic carbocycles. The first-order valence-corrected chi connectivity index (χ1v) is 6.08. The van der Waals surface area contributed by atoms with Crippen molar-refractivity contribution in [1.82, 2.24) is 10.2 Å². The fourth-order valence-corrected chi connectivity index (χ4v) is 2.57. The number of amides is 2. The molecule has 0 saturated carbocycles. The maximum absolute atomic E-state index is 11.8. The van der Waals surface area contributed by atoms with Crippen LogP contribution in [-0.2, 0) is 14.4 Å². The van der Waals surface area contributed by atoms with Gasteiger partial charge < -0.3 is 10.2 Å². The van der Waals surface area contributed by atoms with Crippen molar-refractivity contribution in [2.24, 2.45) is 5.92 Å². The first kappa shape index (κ1) is 12.1. The summed E-state index contributed by atoms with van der Waals surface area (Å²) in [7, 11) is 0. The Balaban J connectivity index is 2.01. The highest BCUT2D eigenvalue weighted by Gasteiger charge is 2.47. The molecule has 2 aliphatic heterocycles. The Morgan fingerprint density at radius 3 is 2.29 bits per heavy atom. The number of hydrogen-bond acceptors (Lipinski definition) is 3. The fourth-order valence-electron chi connectivity index (χ4n) is 2.57. The first-order valence-electron chi connectivity index (χ1n) is 6.08. The van der Waals surface area contributed by atoms with E-state index in [1.165, 1.54) is 0 Å². The highest BCUT2D eigenvalue weighted by molar-refractivity contribution is 6.10. The normalized spacial score (nSPS) is 23.4. The quantitative estimate of drug-likeness (QED) is 0.658. The van der Waals surface area contributed by atoms with Crippen LogP contribution >= 0.6 is 0 Å². The van der Waals surface area contributed by atoms with Crippen LogP contribution in [0.5, 0.6) is 0 Å². The largest absolute Gasteiger partial charge is 0.343 e. The molecule has 1 N–H and O–H groups in total. The van der Waals surface area contributed by atoms with Gasteiger partial charge >= 0.3 is 0 Å². The van der Waals surface area contributed by atoms with Crippen molar-refractivity contribution in [3.8, 4) is 0 Å². The summed E-state index contributed by atoms with van der Waals surface area (Å²) in [5.41, 5.74) is -0.676. The summed E-state index contributed by atoms with van der Waals surface area (Å²) < 4.78 is 0. The number of nitrogens with zero attached hydrogens (tertiary/aromatic N) is 1. The molecule has 0 bridgehead atoms. The van der Waals surface area contributed by atoms with Crippen molar-refractivity contribution < 1.29 is 14.4 Å². The molecule has 0 radical (unpaired) electrons. The second kappa shape index (κ2) is 4.13. The van der Waals surface area contributed by atoms with Crippen LogP contribution in [0.15, 0.2) is 0 Å². The molecule has 2 aliphatic rings. The van der Waals surface area contributed by atoms with E-state index in [9.17, 15) is 14.4 Å². The summed E-state index contributed by atoms with van der Waals surface area (Å²) in [5.74, 6) is -0.0904. The molecule has 0 aromatic rings. The summed E-state index contributed by atoms with van der Waals surface area (Å²) in [6.45, 7) is 4.86. The van der Waals surface area contributed by atoms with E-state index in [2.05, 4.69) is 5.32 Å². The molecule has 0 aromatic heterocycles. The van der Waals surface area contributed by atoms with Crippen molar-refractivity contribution in [2.45, 2.75) is 38.6 Å². The van der Waals surface area contributed by atoms with Gasteiger partial charge in [0.1, 0.15) is 5.54 Å². The Kier molecular flexibility index (Phi) is 2.93. The van der Waals surface area contributed by atoms with Crippen LogP contribution in [0.4, 0.5) is 0 Å². The van der Waals surface area contributed by atoms with Crippen molar-refractivity contribution in [3.63, 3.8) is 0 Å². The van der Waals surface area contributed by atoms with Gasteiger partial charge in [-0.05, 0) is 12.8 Å². The van der Waals surface area contributed by atoms with E-state index in [1.54, 1.807) is 4.90 Å². The van der Waals surface area contributed by atoms with Gasteiger partial charge in [0, 0.05) is 19.0 Å². The summed E-state index contributed by atoms with van der Waals surface area (Å²) in [4.78, 5) is 36.6. The van der Waals surface area contributed by atoms with Gasteiger partial charge in [-0.3, -0.25) is 14.4 Å². The minimum Gasteiger partial charge on any atom is -0.343 e. The Bertz CT molecular complexity index is 368. The summed E-state index contributed by atoms with van der Waals surface area (Å²) in [6.07, 6.45) is 1.10.